The van der Waals surface area contributed by atoms with Crippen molar-refractivity contribution in [2.75, 3.05) is 13.7 Å². The lowest BCUT2D eigenvalue weighted by molar-refractivity contribution is -0.385. The van der Waals surface area contributed by atoms with Crippen molar-refractivity contribution >= 4 is 28.6 Å². The highest BCUT2D eigenvalue weighted by Crippen LogP contribution is 2.37. The van der Waals surface area contributed by atoms with Gasteiger partial charge in [-0.2, -0.15) is 5.10 Å². The number of hydrogen-bond donors (Lipinski definition) is 1. The number of nitro benzene ring substituents is 1. The molecule has 3 aromatic rings. The molecule has 0 fully saturated rings. The maximum Gasteiger partial charge on any atom is 0.315 e. The van der Waals surface area contributed by atoms with Crippen molar-refractivity contribution in [3.63, 3.8) is 0 Å². The highest BCUT2D eigenvalue weighted by atomic mass is 16.6. The lowest BCUT2D eigenvalue weighted by Crippen LogP contribution is -2.19. The number of nitrogens with zero attached hydrogens (tertiary/aromatic N) is 2. The molecule has 8 heteroatoms. The molecule has 0 aliphatic heterocycles. The Bertz CT molecular complexity index is 1140. The van der Waals surface area contributed by atoms with Gasteiger partial charge in [0.2, 0.25) is 5.75 Å². The number of fused-ring (bicyclic) bond motifs is 1. The van der Waals surface area contributed by atoms with Crippen LogP contribution in [0.3, 0.4) is 0 Å². The van der Waals surface area contributed by atoms with Crippen LogP contribution in [0, 0.1) is 17.0 Å². The van der Waals surface area contributed by atoms with Crippen LogP contribution in [-0.2, 0) is 0 Å². The number of hydrogen-bond acceptors (Lipinski definition) is 6. The second-order valence-electron chi connectivity index (χ2n) is 6.44. The predicted octanol–water partition coefficient (Wildman–Crippen LogP) is 4.23. The van der Waals surface area contributed by atoms with E-state index in [-0.39, 0.29) is 29.7 Å². The number of nitro groups is 1. The fourth-order valence-corrected chi connectivity index (χ4v) is 3.16. The average Bonchev–Trinajstić information content (AvgIpc) is 2.74. The average molecular weight is 407 g/mol. The summed E-state index contributed by atoms with van der Waals surface area (Å²) in [6.07, 6.45) is 1.32. The molecule has 154 valence electrons. The molecular weight excluding hydrogens is 386 g/mol. The quantitative estimate of drug-likeness (QED) is 0.359. The molecule has 0 bridgehead atoms. The Kier molecular flexibility index (Phi) is 6.26. The summed E-state index contributed by atoms with van der Waals surface area (Å²) in [7, 11) is 1.40. The van der Waals surface area contributed by atoms with Crippen LogP contribution in [0.1, 0.15) is 28.4 Å². The van der Waals surface area contributed by atoms with Gasteiger partial charge < -0.3 is 9.47 Å². The Morgan fingerprint density at radius 2 is 2.00 bits per heavy atom. The van der Waals surface area contributed by atoms with E-state index in [2.05, 4.69) is 10.5 Å². The van der Waals surface area contributed by atoms with Crippen LogP contribution in [-0.4, -0.2) is 30.8 Å². The van der Waals surface area contributed by atoms with Crippen LogP contribution in [0.2, 0.25) is 0 Å². The molecule has 0 aromatic heterocycles. The monoisotopic (exact) mass is 407 g/mol. The third-order valence-corrected chi connectivity index (χ3v) is 4.51. The van der Waals surface area contributed by atoms with Crippen molar-refractivity contribution < 1.29 is 19.2 Å². The van der Waals surface area contributed by atoms with Gasteiger partial charge in [-0.25, -0.2) is 5.43 Å². The Balaban J connectivity index is 1.89. The first-order chi connectivity index (χ1) is 14.5. The molecule has 0 aliphatic carbocycles. The second kappa shape index (κ2) is 9.04. The van der Waals surface area contributed by atoms with Crippen molar-refractivity contribution in [1.29, 1.82) is 0 Å². The number of hydrazone groups is 1. The first-order valence-electron chi connectivity index (χ1n) is 9.27. The zero-order valence-electron chi connectivity index (χ0n) is 16.8. The van der Waals surface area contributed by atoms with Gasteiger partial charge in [-0.15, -0.1) is 0 Å². The molecule has 0 atom stereocenters. The van der Waals surface area contributed by atoms with E-state index in [1.165, 1.54) is 19.4 Å². The van der Waals surface area contributed by atoms with Crippen molar-refractivity contribution in [2.45, 2.75) is 13.8 Å². The van der Waals surface area contributed by atoms with Crippen LogP contribution in [0.4, 0.5) is 5.69 Å². The summed E-state index contributed by atoms with van der Waals surface area (Å²) < 4.78 is 10.6. The van der Waals surface area contributed by atoms with Crippen molar-refractivity contribution in [3.8, 4) is 11.5 Å². The molecule has 0 radical (unpaired) electrons. The molecule has 0 saturated heterocycles. The van der Waals surface area contributed by atoms with Gasteiger partial charge >= 0.3 is 5.69 Å². The molecule has 3 rings (SSSR count). The number of amides is 1. The van der Waals surface area contributed by atoms with E-state index < -0.39 is 4.92 Å². The van der Waals surface area contributed by atoms with Gasteiger partial charge in [0.25, 0.3) is 5.91 Å². The van der Waals surface area contributed by atoms with Crippen LogP contribution in [0.15, 0.2) is 53.6 Å². The summed E-state index contributed by atoms with van der Waals surface area (Å²) in [6, 6.07) is 14.3. The van der Waals surface area contributed by atoms with Crippen molar-refractivity contribution in [1.82, 2.24) is 5.43 Å². The highest BCUT2D eigenvalue weighted by Gasteiger charge is 2.21. The molecule has 0 heterocycles. The highest BCUT2D eigenvalue weighted by molar-refractivity contribution is 6.08. The number of aryl methyl sites for hydroxylation is 1. The Morgan fingerprint density at radius 3 is 2.70 bits per heavy atom. The van der Waals surface area contributed by atoms with Gasteiger partial charge in [0.1, 0.15) is 0 Å². The van der Waals surface area contributed by atoms with E-state index >= 15 is 0 Å². The van der Waals surface area contributed by atoms with E-state index in [0.717, 1.165) is 16.3 Å². The number of methoxy groups -OCH3 is 1. The van der Waals surface area contributed by atoms with Gasteiger partial charge in [0.15, 0.2) is 5.75 Å². The number of benzene rings is 3. The van der Waals surface area contributed by atoms with E-state index in [4.69, 9.17) is 9.47 Å². The van der Waals surface area contributed by atoms with Gasteiger partial charge in [0, 0.05) is 11.6 Å². The standard InChI is InChI=1S/C22H21N3O5/c1-4-30-21-18(25(27)28)11-15(12-19(21)29-3)13-23-24-22(26)20-14(2)9-10-16-7-5-6-8-17(16)20/h5-13H,4H2,1-3H3,(H,24,26)/b23-13-. The minimum absolute atomic E-state index is 0.0533. The number of carbonyl (C=O) groups is 1. The molecular formula is C22H21N3O5. The first-order valence-corrected chi connectivity index (χ1v) is 9.27. The molecule has 1 N–H and O–H groups in total. The summed E-state index contributed by atoms with van der Waals surface area (Å²) in [5.41, 5.74) is 3.99. The van der Waals surface area contributed by atoms with Crippen molar-refractivity contribution in [3.05, 3.63) is 75.3 Å². The van der Waals surface area contributed by atoms with Crippen LogP contribution in [0.5, 0.6) is 11.5 Å². The fourth-order valence-electron chi connectivity index (χ4n) is 3.16. The number of ether oxygens (including phenoxy) is 2. The van der Waals surface area contributed by atoms with Crippen LogP contribution in [0.25, 0.3) is 10.8 Å². The maximum absolute atomic E-state index is 12.7. The zero-order valence-corrected chi connectivity index (χ0v) is 16.8. The van der Waals surface area contributed by atoms with Gasteiger partial charge in [-0.05, 0) is 36.2 Å². The number of rotatable bonds is 7. The van der Waals surface area contributed by atoms with E-state index in [9.17, 15) is 14.9 Å². The molecule has 0 unspecified atom stereocenters. The normalized spacial score (nSPS) is 10.9. The molecule has 30 heavy (non-hydrogen) atoms. The van der Waals surface area contributed by atoms with Gasteiger partial charge in [-0.1, -0.05) is 36.4 Å². The number of nitrogens with one attached hydrogen (secondary N) is 1. The van der Waals surface area contributed by atoms with Gasteiger partial charge in [-0.3, -0.25) is 14.9 Å². The molecule has 0 spiro atoms. The zero-order chi connectivity index (χ0) is 21.7. The molecule has 8 nitrogen and oxygen atoms in total. The molecule has 1 amide bonds. The first kappa shape index (κ1) is 20.8. The molecule has 0 saturated carbocycles. The minimum atomic E-state index is -0.553. The van der Waals surface area contributed by atoms with Crippen molar-refractivity contribution in [2.24, 2.45) is 5.10 Å². The SMILES string of the molecule is CCOc1c(OC)cc(/C=N\NC(=O)c2c(C)ccc3ccccc23)cc1[N+](=O)[O-]. The lowest BCUT2D eigenvalue weighted by Gasteiger charge is -2.10. The van der Waals surface area contributed by atoms with Crippen LogP contribution < -0.4 is 14.9 Å². The summed E-state index contributed by atoms with van der Waals surface area (Å²) >= 11 is 0. The second-order valence-corrected chi connectivity index (χ2v) is 6.44. The van der Waals surface area contributed by atoms with E-state index in [1.807, 2.05) is 43.3 Å². The largest absolute Gasteiger partial charge is 0.493 e. The smallest absolute Gasteiger partial charge is 0.315 e. The number of carbonyl (C=O) groups excluding carboxylic acids is 1. The molecule has 0 aliphatic rings. The fraction of sp³-hybridized carbons (Fsp3) is 0.182. The Morgan fingerprint density at radius 1 is 1.23 bits per heavy atom. The Labute approximate surface area is 173 Å². The summed E-state index contributed by atoms with van der Waals surface area (Å²) in [5.74, 6) is -0.103. The Hall–Kier alpha value is -3.94. The van der Waals surface area contributed by atoms with Crippen LogP contribution >= 0.6 is 0 Å². The summed E-state index contributed by atoms with van der Waals surface area (Å²) in [4.78, 5) is 23.6. The maximum atomic E-state index is 12.7. The predicted molar refractivity (Wildman–Crippen MR) is 115 cm³/mol. The third kappa shape index (κ3) is 4.22. The molecule has 3 aromatic carbocycles. The topological polar surface area (TPSA) is 103 Å². The van der Waals surface area contributed by atoms with Gasteiger partial charge in [0.05, 0.1) is 30.4 Å². The summed E-state index contributed by atoms with van der Waals surface area (Å²) in [6.45, 7) is 3.83. The lowest BCUT2D eigenvalue weighted by atomic mass is 9.99. The minimum Gasteiger partial charge on any atom is -0.493 e. The third-order valence-electron chi connectivity index (χ3n) is 4.51. The summed E-state index contributed by atoms with van der Waals surface area (Å²) in [5, 5.41) is 17.1. The van der Waals surface area contributed by atoms with E-state index in [1.54, 1.807) is 13.0 Å². The van der Waals surface area contributed by atoms with E-state index in [0.29, 0.717) is 11.1 Å².